The molecule has 0 saturated heterocycles. The maximum absolute atomic E-state index is 11.5. The van der Waals surface area contributed by atoms with Crippen molar-refractivity contribution in [2.75, 3.05) is 24.3 Å². The molecule has 1 aromatic heterocycles. The number of fused-ring (bicyclic) bond motifs is 1. The largest absolute Gasteiger partial charge is 0.505 e. The van der Waals surface area contributed by atoms with E-state index in [1.54, 1.807) is 0 Å². The van der Waals surface area contributed by atoms with Gasteiger partial charge in [0.15, 0.2) is 0 Å². The van der Waals surface area contributed by atoms with Crippen molar-refractivity contribution < 1.29 is 14.6 Å². The van der Waals surface area contributed by atoms with E-state index in [1.807, 2.05) is 6.07 Å². The van der Waals surface area contributed by atoms with Gasteiger partial charge in [-0.3, -0.25) is 0 Å². The predicted molar refractivity (Wildman–Crippen MR) is 99.2 cm³/mol. The Morgan fingerprint density at radius 3 is 3.00 bits per heavy atom. The van der Waals surface area contributed by atoms with E-state index < -0.39 is 5.97 Å². The van der Waals surface area contributed by atoms with E-state index >= 15 is 0 Å². The Morgan fingerprint density at radius 1 is 1.44 bits per heavy atom. The molecule has 0 aliphatic carbocycles. The fraction of sp³-hybridized carbons (Fsp3) is 0.263. The maximum Gasteiger partial charge on any atom is 0.339 e. The molecule has 1 N–H and O–H groups in total. The number of methoxy groups -OCH3 is 1. The Bertz CT molecular complexity index is 807. The Balaban J connectivity index is 1.68. The van der Waals surface area contributed by atoms with E-state index in [-0.39, 0.29) is 11.3 Å². The molecule has 0 unspecified atom stereocenters. The number of rotatable bonds is 5. The highest BCUT2D eigenvalue weighted by molar-refractivity contribution is 7.99. The van der Waals surface area contributed by atoms with E-state index in [0.29, 0.717) is 10.8 Å². The van der Waals surface area contributed by atoms with Crippen LogP contribution in [0.3, 0.4) is 0 Å². The fourth-order valence-corrected chi connectivity index (χ4v) is 3.67. The molecule has 0 saturated carbocycles. The molecule has 25 heavy (non-hydrogen) atoms. The first-order valence-electron chi connectivity index (χ1n) is 8.03. The third kappa shape index (κ3) is 3.79. The summed E-state index contributed by atoms with van der Waals surface area (Å²) in [5.41, 5.74) is 3.74. The highest BCUT2D eigenvalue weighted by Gasteiger charge is 2.19. The van der Waals surface area contributed by atoms with E-state index in [9.17, 15) is 9.90 Å². The maximum atomic E-state index is 11.5. The molecule has 0 amide bonds. The Kier molecular flexibility index (Phi) is 5.28. The highest BCUT2D eigenvalue weighted by atomic mass is 32.2. The van der Waals surface area contributed by atoms with Crippen LogP contribution in [0.1, 0.15) is 22.3 Å². The molecule has 1 aromatic carbocycles. The summed E-state index contributed by atoms with van der Waals surface area (Å²) < 4.78 is 4.62. The van der Waals surface area contributed by atoms with Crippen molar-refractivity contribution in [3.05, 3.63) is 59.9 Å². The van der Waals surface area contributed by atoms with Gasteiger partial charge < -0.3 is 14.7 Å². The summed E-state index contributed by atoms with van der Waals surface area (Å²) >= 11 is 1.40. The number of para-hydroxylation sites is 1. The normalized spacial score (nSPS) is 13.2. The van der Waals surface area contributed by atoms with Crippen LogP contribution in [-0.4, -0.2) is 35.5 Å². The molecule has 0 fully saturated rings. The lowest BCUT2D eigenvalue weighted by Gasteiger charge is -2.32. The number of thioether (sulfide) groups is 1. The third-order valence-electron chi connectivity index (χ3n) is 4.12. The van der Waals surface area contributed by atoms with Crippen LogP contribution in [0.25, 0.3) is 0 Å². The number of aryl methyl sites for hydroxylation is 1. The molecular weight excluding hydrogens is 336 g/mol. The van der Waals surface area contributed by atoms with Crippen molar-refractivity contribution in [1.29, 1.82) is 0 Å². The van der Waals surface area contributed by atoms with Gasteiger partial charge in [-0.25, -0.2) is 9.78 Å². The lowest BCUT2D eigenvalue weighted by atomic mass is 10.0. The van der Waals surface area contributed by atoms with Crippen molar-refractivity contribution in [2.24, 2.45) is 0 Å². The van der Waals surface area contributed by atoms with Crippen molar-refractivity contribution in [3.63, 3.8) is 0 Å². The molecule has 0 radical (unpaired) electrons. The number of ether oxygens (including phenoxy) is 1. The summed E-state index contributed by atoms with van der Waals surface area (Å²) in [6, 6.07) is 9.74. The molecular formula is C19H20N2O3S. The van der Waals surface area contributed by atoms with Gasteiger partial charge in [0.2, 0.25) is 0 Å². The van der Waals surface area contributed by atoms with Gasteiger partial charge in [0.05, 0.1) is 12.7 Å². The van der Waals surface area contributed by atoms with Gasteiger partial charge in [-0.1, -0.05) is 36.5 Å². The summed E-state index contributed by atoms with van der Waals surface area (Å²) in [5.74, 6) is 0.0559. The van der Waals surface area contributed by atoms with Gasteiger partial charge >= 0.3 is 5.97 Å². The molecule has 1 aliphatic heterocycles. The van der Waals surface area contributed by atoms with Crippen molar-refractivity contribution in [2.45, 2.75) is 17.9 Å². The quantitative estimate of drug-likeness (QED) is 0.652. The minimum atomic E-state index is -0.520. The Hall–Kier alpha value is -2.47. The molecule has 2 heterocycles. The van der Waals surface area contributed by atoms with Crippen LogP contribution in [0, 0.1) is 0 Å². The number of carbonyl (C=O) groups excluding carboxylic acids is 1. The summed E-state index contributed by atoms with van der Waals surface area (Å²) in [5, 5.41) is 10.6. The zero-order chi connectivity index (χ0) is 17.8. The van der Waals surface area contributed by atoms with Crippen molar-refractivity contribution >= 4 is 23.4 Å². The number of aromatic nitrogens is 1. The Morgan fingerprint density at radius 2 is 2.24 bits per heavy atom. The lowest BCUT2D eigenvalue weighted by Crippen LogP contribution is -2.29. The van der Waals surface area contributed by atoms with Crippen LogP contribution in [0.2, 0.25) is 0 Å². The second kappa shape index (κ2) is 7.61. The second-order valence-electron chi connectivity index (χ2n) is 5.78. The van der Waals surface area contributed by atoms with E-state index in [4.69, 9.17) is 0 Å². The van der Waals surface area contributed by atoms with Gasteiger partial charge in [-0.2, -0.15) is 0 Å². The predicted octanol–water partition coefficient (Wildman–Crippen LogP) is 3.63. The number of benzene rings is 1. The minimum absolute atomic E-state index is 0.0280. The van der Waals surface area contributed by atoms with Crippen LogP contribution < -0.4 is 4.90 Å². The third-order valence-corrected chi connectivity index (χ3v) is 5.19. The molecule has 1 aliphatic rings. The minimum Gasteiger partial charge on any atom is -0.505 e. The van der Waals surface area contributed by atoms with Crippen LogP contribution in [0.4, 0.5) is 5.69 Å². The number of aromatic hydroxyl groups is 1. The zero-order valence-electron chi connectivity index (χ0n) is 14.1. The molecule has 6 heteroatoms. The number of hydrogen-bond acceptors (Lipinski definition) is 6. The molecule has 0 bridgehead atoms. The monoisotopic (exact) mass is 356 g/mol. The first-order valence-corrected chi connectivity index (χ1v) is 9.02. The Labute approximate surface area is 151 Å². The summed E-state index contributed by atoms with van der Waals surface area (Å²) in [6.45, 7) is 5.14. The molecule has 5 nitrogen and oxygen atoms in total. The topological polar surface area (TPSA) is 62.7 Å². The van der Waals surface area contributed by atoms with Crippen molar-refractivity contribution in [3.8, 4) is 5.75 Å². The number of nitrogens with zero attached hydrogens (tertiary/aromatic N) is 2. The molecule has 2 aromatic rings. The van der Waals surface area contributed by atoms with Gasteiger partial charge in [0.25, 0.3) is 0 Å². The van der Waals surface area contributed by atoms with Gasteiger partial charge in [-0.05, 0) is 30.5 Å². The van der Waals surface area contributed by atoms with E-state index in [1.165, 1.54) is 42.4 Å². The number of carbonyl (C=O) groups is 1. The number of hydrogen-bond donors (Lipinski definition) is 1. The number of pyridine rings is 1. The van der Waals surface area contributed by atoms with Gasteiger partial charge in [0.1, 0.15) is 10.8 Å². The lowest BCUT2D eigenvalue weighted by molar-refractivity contribution is 0.0599. The SMILES string of the molecule is C=C(CSc1ncc(C(=O)OC)cc1O)N1CCCc2ccccc21. The van der Waals surface area contributed by atoms with Gasteiger partial charge in [0, 0.05) is 29.9 Å². The molecule has 0 spiro atoms. The average molecular weight is 356 g/mol. The number of anilines is 1. The van der Waals surface area contributed by atoms with Crippen LogP contribution in [0.5, 0.6) is 5.75 Å². The molecule has 3 rings (SSSR count). The summed E-state index contributed by atoms with van der Waals surface area (Å²) in [4.78, 5) is 17.9. The van der Waals surface area contributed by atoms with Gasteiger partial charge in [-0.15, -0.1) is 0 Å². The zero-order valence-corrected chi connectivity index (χ0v) is 14.9. The van der Waals surface area contributed by atoms with Crippen LogP contribution >= 0.6 is 11.8 Å². The van der Waals surface area contributed by atoms with E-state index in [0.717, 1.165) is 25.1 Å². The average Bonchev–Trinajstić information content (AvgIpc) is 2.65. The summed E-state index contributed by atoms with van der Waals surface area (Å²) in [7, 11) is 1.29. The standard InChI is InChI=1S/C19H20N2O3S/c1-13(21-9-5-7-14-6-3-4-8-16(14)21)12-25-18-17(22)10-15(11-20-18)19(23)24-2/h3-4,6,8,10-11,22H,1,5,7,9,12H2,2H3. The highest BCUT2D eigenvalue weighted by Crippen LogP contribution is 2.33. The van der Waals surface area contributed by atoms with Crippen LogP contribution in [-0.2, 0) is 11.2 Å². The van der Waals surface area contributed by atoms with E-state index in [2.05, 4.69) is 39.4 Å². The van der Waals surface area contributed by atoms with Crippen LogP contribution in [0.15, 0.2) is 53.8 Å². The first-order chi connectivity index (χ1) is 12.1. The molecule has 130 valence electrons. The first kappa shape index (κ1) is 17.4. The fourth-order valence-electron chi connectivity index (χ4n) is 2.87. The smallest absolute Gasteiger partial charge is 0.339 e. The van der Waals surface area contributed by atoms with Crippen molar-refractivity contribution in [1.82, 2.24) is 4.98 Å². The summed E-state index contributed by atoms with van der Waals surface area (Å²) in [6.07, 6.45) is 3.59. The number of esters is 1. The molecule has 0 atom stereocenters. The second-order valence-corrected chi connectivity index (χ2v) is 6.74.